The van der Waals surface area contributed by atoms with Crippen LogP contribution in [-0.4, -0.2) is 16.1 Å². The minimum absolute atomic E-state index is 0.179. The molecule has 0 radical (unpaired) electrons. The third-order valence-electron chi connectivity index (χ3n) is 1.96. The van der Waals surface area contributed by atoms with E-state index in [1.807, 2.05) is 13.0 Å². The Kier molecular flexibility index (Phi) is 5.85. The number of hydrogen-bond acceptors (Lipinski definition) is 3. The summed E-state index contributed by atoms with van der Waals surface area (Å²) in [6.45, 7) is 2.02. The normalized spacial score (nSPS) is 12.4. The molecule has 1 atom stereocenters. The largest absolute Gasteiger partial charge is 0.283 e. The van der Waals surface area contributed by atoms with Gasteiger partial charge >= 0.3 is 0 Å². The van der Waals surface area contributed by atoms with Crippen molar-refractivity contribution in [2.24, 2.45) is 0 Å². The fourth-order valence-corrected chi connectivity index (χ4v) is 3.16. The number of hydrogen-bond donors (Lipinski definition) is 0. The van der Waals surface area contributed by atoms with Crippen LogP contribution in [0.4, 0.5) is 5.69 Å². The van der Waals surface area contributed by atoms with E-state index in [2.05, 4.69) is 22.6 Å². The second kappa shape index (κ2) is 6.66. The number of nitrogens with zero attached hydrogens (tertiary/aromatic N) is 1. The van der Waals surface area contributed by atoms with Crippen molar-refractivity contribution in [2.75, 3.05) is 5.88 Å². The molecule has 0 aliphatic carbocycles. The van der Waals surface area contributed by atoms with E-state index < -0.39 is 0 Å². The zero-order valence-electron chi connectivity index (χ0n) is 8.65. The van der Waals surface area contributed by atoms with Crippen LogP contribution >= 0.6 is 46.0 Å². The standard InChI is InChI=1S/C10H11ClINO2S/c1-7(4-5-11)16-10-3-2-8(12)6-9(10)13(14)15/h2-3,6-7H,4-5H2,1H3. The Morgan fingerprint density at radius 2 is 2.31 bits per heavy atom. The van der Waals surface area contributed by atoms with Crippen molar-refractivity contribution in [3.05, 3.63) is 31.9 Å². The molecule has 1 aromatic rings. The van der Waals surface area contributed by atoms with Gasteiger partial charge in [0.15, 0.2) is 0 Å². The monoisotopic (exact) mass is 371 g/mol. The second-order valence-corrected chi connectivity index (χ2v) is 6.38. The Morgan fingerprint density at radius 3 is 2.88 bits per heavy atom. The average molecular weight is 372 g/mol. The molecule has 0 fully saturated rings. The van der Waals surface area contributed by atoms with Crippen LogP contribution in [0.3, 0.4) is 0 Å². The van der Waals surface area contributed by atoms with Gasteiger partial charge in [0.25, 0.3) is 5.69 Å². The lowest BCUT2D eigenvalue weighted by Crippen LogP contribution is -1.99. The van der Waals surface area contributed by atoms with Crippen molar-refractivity contribution in [1.29, 1.82) is 0 Å². The van der Waals surface area contributed by atoms with Crippen LogP contribution in [0.2, 0.25) is 0 Å². The Labute approximate surface area is 117 Å². The zero-order chi connectivity index (χ0) is 12.1. The van der Waals surface area contributed by atoms with Crippen LogP contribution in [-0.2, 0) is 0 Å². The highest BCUT2D eigenvalue weighted by Crippen LogP contribution is 2.34. The predicted molar refractivity (Wildman–Crippen MR) is 76.5 cm³/mol. The van der Waals surface area contributed by atoms with Gasteiger partial charge in [-0.15, -0.1) is 23.4 Å². The van der Waals surface area contributed by atoms with Crippen LogP contribution in [0.25, 0.3) is 0 Å². The highest BCUT2D eigenvalue weighted by Gasteiger charge is 2.16. The van der Waals surface area contributed by atoms with Crippen molar-refractivity contribution >= 4 is 51.6 Å². The highest BCUT2D eigenvalue weighted by atomic mass is 127. The van der Waals surface area contributed by atoms with E-state index in [1.165, 1.54) is 11.8 Å². The topological polar surface area (TPSA) is 43.1 Å². The summed E-state index contributed by atoms with van der Waals surface area (Å²) in [6.07, 6.45) is 0.843. The van der Waals surface area contributed by atoms with Crippen LogP contribution < -0.4 is 0 Å². The number of rotatable bonds is 5. The van der Waals surface area contributed by atoms with E-state index >= 15 is 0 Å². The molecule has 88 valence electrons. The van der Waals surface area contributed by atoms with Crippen LogP contribution in [0.5, 0.6) is 0 Å². The minimum Gasteiger partial charge on any atom is -0.258 e. The SMILES string of the molecule is CC(CCCl)Sc1ccc(I)cc1[N+](=O)[O-]. The molecule has 1 unspecified atom stereocenters. The molecule has 0 N–H and O–H groups in total. The maximum Gasteiger partial charge on any atom is 0.283 e. The summed E-state index contributed by atoms with van der Waals surface area (Å²) in [5.41, 5.74) is 0.179. The predicted octanol–water partition coefficient (Wildman–Crippen LogP) is 4.31. The Hall–Kier alpha value is -0.0100. The number of alkyl halides is 1. The number of benzene rings is 1. The number of halogens is 2. The summed E-state index contributed by atoms with van der Waals surface area (Å²) < 4.78 is 0.874. The molecule has 6 heteroatoms. The Bertz CT molecular complexity index is 389. The molecular formula is C10H11ClINO2S. The van der Waals surface area contributed by atoms with Crippen molar-refractivity contribution in [1.82, 2.24) is 0 Å². The first-order valence-electron chi connectivity index (χ1n) is 4.71. The molecule has 0 bridgehead atoms. The minimum atomic E-state index is -0.335. The molecule has 1 rings (SSSR count). The Balaban J connectivity index is 2.90. The molecule has 0 aliphatic rings. The smallest absolute Gasteiger partial charge is 0.258 e. The van der Waals surface area contributed by atoms with Gasteiger partial charge in [-0.25, -0.2) is 0 Å². The summed E-state index contributed by atoms with van der Waals surface area (Å²) in [4.78, 5) is 11.3. The van der Waals surface area contributed by atoms with E-state index in [4.69, 9.17) is 11.6 Å². The summed E-state index contributed by atoms with van der Waals surface area (Å²) >= 11 is 9.22. The fourth-order valence-electron chi connectivity index (χ4n) is 1.16. The molecule has 0 heterocycles. The van der Waals surface area contributed by atoms with Crippen LogP contribution in [0, 0.1) is 13.7 Å². The summed E-state index contributed by atoms with van der Waals surface area (Å²) in [7, 11) is 0. The van der Waals surface area contributed by atoms with Crippen LogP contribution in [0.15, 0.2) is 23.1 Å². The molecule has 16 heavy (non-hydrogen) atoms. The first-order chi connectivity index (χ1) is 7.54. The van der Waals surface area contributed by atoms with Gasteiger partial charge in [-0.3, -0.25) is 10.1 Å². The average Bonchev–Trinajstić information content (AvgIpc) is 2.20. The van der Waals surface area contributed by atoms with E-state index in [1.54, 1.807) is 12.1 Å². The van der Waals surface area contributed by atoms with E-state index in [-0.39, 0.29) is 15.9 Å². The zero-order valence-corrected chi connectivity index (χ0v) is 12.4. The lowest BCUT2D eigenvalue weighted by atomic mass is 10.3. The number of nitro benzene ring substituents is 1. The van der Waals surface area contributed by atoms with Crippen molar-refractivity contribution in [3.8, 4) is 0 Å². The maximum absolute atomic E-state index is 10.9. The Morgan fingerprint density at radius 1 is 1.62 bits per heavy atom. The summed E-state index contributed by atoms with van der Waals surface area (Å²) in [5.74, 6) is 0.576. The molecule has 0 amide bonds. The van der Waals surface area contributed by atoms with Gasteiger partial charge < -0.3 is 0 Å². The van der Waals surface area contributed by atoms with Gasteiger partial charge in [-0.05, 0) is 41.1 Å². The molecule has 0 saturated carbocycles. The van der Waals surface area contributed by atoms with Gasteiger partial charge in [-0.1, -0.05) is 6.92 Å². The lowest BCUT2D eigenvalue weighted by molar-refractivity contribution is -0.387. The molecule has 3 nitrogen and oxygen atoms in total. The van der Waals surface area contributed by atoms with Crippen molar-refractivity contribution in [2.45, 2.75) is 23.5 Å². The first kappa shape index (κ1) is 14.1. The highest BCUT2D eigenvalue weighted by molar-refractivity contribution is 14.1. The molecular weight excluding hydrogens is 361 g/mol. The van der Waals surface area contributed by atoms with Gasteiger partial charge in [0, 0.05) is 20.8 Å². The molecule has 0 aromatic heterocycles. The molecule has 0 aliphatic heterocycles. The van der Waals surface area contributed by atoms with Crippen LogP contribution in [0.1, 0.15) is 13.3 Å². The molecule has 0 spiro atoms. The van der Waals surface area contributed by atoms with E-state index in [0.717, 1.165) is 9.99 Å². The lowest BCUT2D eigenvalue weighted by Gasteiger charge is -2.09. The third-order valence-corrected chi connectivity index (χ3v) is 4.09. The molecule has 0 saturated heterocycles. The third kappa shape index (κ3) is 4.10. The van der Waals surface area contributed by atoms with Gasteiger partial charge in [-0.2, -0.15) is 0 Å². The van der Waals surface area contributed by atoms with Gasteiger partial charge in [0.05, 0.1) is 9.82 Å². The fraction of sp³-hybridized carbons (Fsp3) is 0.400. The first-order valence-corrected chi connectivity index (χ1v) is 7.20. The summed E-state index contributed by atoms with van der Waals surface area (Å²) in [6, 6.07) is 5.27. The van der Waals surface area contributed by atoms with E-state index in [0.29, 0.717) is 10.8 Å². The summed E-state index contributed by atoms with van der Waals surface area (Å²) in [5, 5.41) is 11.2. The van der Waals surface area contributed by atoms with Crippen molar-refractivity contribution < 1.29 is 4.92 Å². The quantitative estimate of drug-likeness (QED) is 0.255. The number of thioether (sulfide) groups is 1. The van der Waals surface area contributed by atoms with Gasteiger partial charge in [0.2, 0.25) is 0 Å². The van der Waals surface area contributed by atoms with Gasteiger partial charge in [0.1, 0.15) is 0 Å². The second-order valence-electron chi connectivity index (χ2n) is 3.28. The van der Waals surface area contributed by atoms with E-state index in [9.17, 15) is 10.1 Å². The maximum atomic E-state index is 10.9. The molecule has 1 aromatic carbocycles. The number of nitro groups is 1. The van der Waals surface area contributed by atoms with Crippen molar-refractivity contribution in [3.63, 3.8) is 0 Å².